The summed E-state index contributed by atoms with van der Waals surface area (Å²) < 4.78 is 7.09. The van der Waals surface area contributed by atoms with Crippen molar-refractivity contribution in [1.82, 2.24) is 4.57 Å². The minimum Gasteiger partial charge on any atom is -0.494 e. The van der Waals surface area contributed by atoms with Crippen molar-refractivity contribution >= 4 is 11.6 Å². The molecule has 0 saturated heterocycles. The van der Waals surface area contributed by atoms with Gasteiger partial charge >= 0.3 is 0 Å². The summed E-state index contributed by atoms with van der Waals surface area (Å²) >= 11 is 6.31. The normalized spacial score (nSPS) is 10.1. The molecule has 1 heterocycles. The SMILES string of the molecule is CCOc1ccc(-c2[c-]cc(C)c(=O)n2CC)c(Cl)c1.[Y]. The minimum atomic E-state index is -0.00815. The molecule has 0 saturated carbocycles. The van der Waals surface area contributed by atoms with Crippen LogP contribution in [0.3, 0.4) is 0 Å². The monoisotopic (exact) mass is 379 g/mol. The van der Waals surface area contributed by atoms with E-state index in [9.17, 15) is 4.79 Å². The topological polar surface area (TPSA) is 31.2 Å². The fourth-order valence-corrected chi connectivity index (χ4v) is 2.36. The molecule has 1 aromatic carbocycles. The second-order valence-corrected chi connectivity index (χ2v) is 4.85. The molecule has 1 radical (unpaired) electrons. The van der Waals surface area contributed by atoms with Crippen LogP contribution in [0.15, 0.2) is 29.1 Å². The van der Waals surface area contributed by atoms with Gasteiger partial charge in [-0.3, -0.25) is 4.79 Å². The molecule has 21 heavy (non-hydrogen) atoms. The van der Waals surface area contributed by atoms with E-state index in [1.165, 1.54) is 0 Å². The van der Waals surface area contributed by atoms with Crippen LogP contribution in [-0.4, -0.2) is 11.2 Å². The largest absolute Gasteiger partial charge is 0.494 e. The van der Waals surface area contributed by atoms with Gasteiger partial charge in [-0.05, 0) is 31.0 Å². The number of nitrogens with zero attached hydrogens (tertiary/aromatic N) is 1. The molecule has 0 aliphatic rings. The predicted molar refractivity (Wildman–Crippen MR) is 81.6 cm³/mol. The van der Waals surface area contributed by atoms with E-state index in [1.807, 2.05) is 26.0 Å². The Morgan fingerprint density at radius 1 is 1.33 bits per heavy atom. The molecule has 0 unspecified atom stereocenters. The van der Waals surface area contributed by atoms with Crippen LogP contribution in [-0.2, 0) is 39.3 Å². The molecule has 5 heteroatoms. The zero-order valence-electron chi connectivity index (χ0n) is 12.4. The van der Waals surface area contributed by atoms with Crippen LogP contribution in [0.5, 0.6) is 5.75 Å². The number of ether oxygens (including phenoxy) is 1. The molecule has 0 amide bonds. The van der Waals surface area contributed by atoms with Gasteiger partial charge in [-0.1, -0.05) is 35.3 Å². The molecule has 109 valence electrons. The maximum Gasteiger partial charge on any atom is 0.197 e. The van der Waals surface area contributed by atoms with Gasteiger partial charge in [-0.15, -0.1) is 6.07 Å². The van der Waals surface area contributed by atoms with Crippen molar-refractivity contribution in [3.63, 3.8) is 0 Å². The molecule has 0 fully saturated rings. The van der Waals surface area contributed by atoms with Crippen LogP contribution >= 0.6 is 11.6 Å². The van der Waals surface area contributed by atoms with E-state index in [0.717, 1.165) is 11.3 Å². The second kappa shape index (κ2) is 8.12. The van der Waals surface area contributed by atoms with Gasteiger partial charge in [-0.25, -0.2) is 0 Å². The van der Waals surface area contributed by atoms with Crippen LogP contribution < -0.4 is 10.3 Å². The van der Waals surface area contributed by atoms with Crippen LogP contribution in [0.2, 0.25) is 5.02 Å². The van der Waals surface area contributed by atoms with Gasteiger partial charge in [0, 0.05) is 39.3 Å². The number of halogens is 1. The van der Waals surface area contributed by atoms with Crippen LogP contribution in [0.1, 0.15) is 19.4 Å². The third kappa shape index (κ3) is 3.97. The molecule has 0 atom stereocenters. The molecule has 0 N–H and O–H groups in total. The zero-order valence-corrected chi connectivity index (χ0v) is 16.0. The van der Waals surface area contributed by atoms with E-state index in [2.05, 4.69) is 6.07 Å². The van der Waals surface area contributed by atoms with Gasteiger partial charge < -0.3 is 9.30 Å². The van der Waals surface area contributed by atoms with Crippen molar-refractivity contribution in [2.24, 2.45) is 0 Å². The Morgan fingerprint density at radius 2 is 2.05 bits per heavy atom. The first-order valence-corrected chi connectivity index (χ1v) is 7.01. The molecule has 0 spiro atoms. The summed E-state index contributed by atoms with van der Waals surface area (Å²) in [6.07, 6.45) is 0. The predicted octanol–water partition coefficient (Wildman–Crippen LogP) is 3.69. The van der Waals surface area contributed by atoms with E-state index >= 15 is 0 Å². The Kier molecular flexibility index (Phi) is 7.12. The first-order chi connectivity index (χ1) is 9.58. The van der Waals surface area contributed by atoms with Gasteiger partial charge in [0.25, 0.3) is 0 Å². The minimum absolute atomic E-state index is 0. The number of aromatic nitrogens is 1. The van der Waals surface area contributed by atoms with E-state index < -0.39 is 0 Å². The van der Waals surface area contributed by atoms with Crippen LogP contribution in [0.4, 0.5) is 0 Å². The number of rotatable bonds is 4. The van der Waals surface area contributed by atoms with Crippen molar-refractivity contribution in [1.29, 1.82) is 0 Å². The van der Waals surface area contributed by atoms with Gasteiger partial charge in [-0.2, -0.15) is 12.1 Å². The van der Waals surface area contributed by atoms with Crippen molar-refractivity contribution in [2.45, 2.75) is 27.3 Å². The Morgan fingerprint density at radius 3 is 2.62 bits per heavy atom. The number of pyridine rings is 1. The number of hydrogen-bond acceptors (Lipinski definition) is 2. The van der Waals surface area contributed by atoms with Crippen molar-refractivity contribution in [3.05, 3.63) is 51.3 Å². The fourth-order valence-electron chi connectivity index (χ4n) is 2.10. The van der Waals surface area contributed by atoms with Gasteiger partial charge in [0.2, 0.25) is 0 Å². The smallest absolute Gasteiger partial charge is 0.197 e. The molecule has 1 aromatic heterocycles. The van der Waals surface area contributed by atoms with E-state index in [-0.39, 0.29) is 38.3 Å². The van der Waals surface area contributed by atoms with E-state index in [0.29, 0.717) is 29.4 Å². The van der Waals surface area contributed by atoms with Gasteiger partial charge in [0.15, 0.2) is 5.56 Å². The standard InChI is InChI=1S/C16H17ClNO2.Y/c1-4-18-15(9-6-11(3)16(18)19)13-8-7-12(20-5-2)10-14(13)17;/h6-8,10H,4-5H2,1-3H3;/q-1;. The summed E-state index contributed by atoms with van der Waals surface area (Å²) in [6.45, 7) is 6.81. The Hall–Kier alpha value is -0.636. The van der Waals surface area contributed by atoms with Gasteiger partial charge in [0.1, 0.15) is 5.75 Å². The average molecular weight is 380 g/mol. The Bertz CT molecular complexity index is 682. The number of benzene rings is 1. The second-order valence-electron chi connectivity index (χ2n) is 4.44. The molecular formula is C16H17ClNO2Y-. The Labute approximate surface area is 155 Å². The van der Waals surface area contributed by atoms with Crippen molar-refractivity contribution < 1.29 is 37.4 Å². The van der Waals surface area contributed by atoms with Crippen LogP contribution in [0, 0.1) is 13.0 Å². The first kappa shape index (κ1) is 18.4. The third-order valence-corrected chi connectivity index (χ3v) is 3.41. The first-order valence-electron chi connectivity index (χ1n) is 6.63. The molecule has 2 aromatic rings. The molecule has 0 aliphatic carbocycles. The number of aryl methyl sites for hydroxylation is 1. The molecule has 3 nitrogen and oxygen atoms in total. The molecule has 0 aliphatic heterocycles. The average Bonchev–Trinajstić information content (AvgIpc) is 2.43. The number of hydrogen-bond donors (Lipinski definition) is 0. The third-order valence-electron chi connectivity index (χ3n) is 3.10. The van der Waals surface area contributed by atoms with E-state index in [1.54, 1.807) is 23.6 Å². The summed E-state index contributed by atoms with van der Waals surface area (Å²) in [6, 6.07) is 10.3. The Balaban J connectivity index is 0.00000220. The van der Waals surface area contributed by atoms with Crippen molar-refractivity contribution in [2.75, 3.05) is 6.61 Å². The summed E-state index contributed by atoms with van der Waals surface area (Å²) in [7, 11) is 0. The molecule has 2 rings (SSSR count). The molecular weight excluding hydrogens is 363 g/mol. The van der Waals surface area contributed by atoms with E-state index in [4.69, 9.17) is 16.3 Å². The maximum absolute atomic E-state index is 12.1. The zero-order chi connectivity index (χ0) is 14.7. The maximum atomic E-state index is 12.1. The summed E-state index contributed by atoms with van der Waals surface area (Å²) in [5.41, 5.74) is 2.16. The summed E-state index contributed by atoms with van der Waals surface area (Å²) in [4.78, 5) is 12.1. The quantitative estimate of drug-likeness (QED) is 0.759. The summed E-state index contributed by atoms with van der Waals surface area (Å²) in [5.74, 6) is 0.721. The van der Waals surface area contributed by atoms with Gasteiger partial charge in [0.05, 0.1) is 6.61 Å². The van der Waals surface area contributed by atoms with Crippen LogP contribution in [0.25, 0.3) is 11.3 Å². The molecule has 0 bridgehead atoms. The van der Waals surface area contributed by atoms with Crippen molar-refractivity contribution in [3.8, 4) is 17.0 Å². The summed E-state index contributed by atoms with van der Waals surface area (Å²) in [5, 5.41) is 0.553. The fraction of sp³-hybridized carbons (Fsp3) is 0.312.